The Morgan fingerprint density at radius 2 is 2.10 bits per heavy atom. The first-order valence-corrected chi connectivity index (χ1v) is 10.3. The molecular weight excluding hydrogens is 424 g/mol. The molecule has 9 N–H and O–H groups in total. The molecule has 0 aliphatic carbocycles. The highest BCUT2D eigenvalue weighted by Crippen LogP contribution is 2.24. The lowest BCUT2D eigenvalue weighted by atomic mass is 10.0. The molecule has 3 heterocycles. The Bertz CT molecular complexity index is 969. The number of dihydropyridines is 1. The lowest BCUT2D eigenvalue weighted by Gasteiger charge is -2.32. The number of aliphatic carboxylic acids is 2. The van der Waals surface area contributed by atoms with Gasteiger partial charge in [-0.2, -0.15) is 0 Å². The Labute approximate surface area is 182 Å². The van der Waals surface area contributed by atoms with E-state index in [0.717, 1.165) is 16.3 Å². The highest BCUT2D eigenvalue weighted by molar-refractivity contribution is 7.17. The third-order valence-corrected chi connectivity index (χ3v) is 5.75. The molecule has 1 aromatic heterocycles. The molecule has 0 radical (unpaired) electrons. The van der Waals surface area contributed by atoms with Gasteiger partial charge in [-0.05, 0) is 30.7 Å². The van der Waals surface area contributed by atoms with Crippen molar-refractivity contribution in [3.8, 4) is 0 Å². The summed E-state index contributed by atoms with van der Waals surface area (Å²) >= 11 is 1.17. The van der Waals surface area contributed by atoms with Gasteiger partial charge in [-0.15, -0.1) is 11.3 Å². The molecule has 0 saturated carbocycles. The highest BCUT2D eigenvalue weighted by Gasteiger charge is 2.23. The number of carbonyl (C=O) groups is 3. The van der Waals surface area contributed by atoms with Crippen molar-refractivity contribution in [2.75, 3.05) is 18.5 Å². The minimum atomic E-state index is -1.28. The van der Waals surface area contributed by atoms with Crippen molar-refractivity contribution >= 4 is 34.2 Å². The fraction of sp³-hybridized carbons (Fsp3) is 0.316. The number of carboxylic acid groups (broad SMARTS) is 2. The minimum Gasteiger partial charge on any atom is -0.481 e. The molecule has 12 heteroatoms. The Kier molecular flexibility index (Phi) is 6.82. The summed E-state index contributed by atoms with van der Waals surface area (Å²) in [4.78, 5) is 36.6. The molecule has 1 aromatic rings. The van der Waals surface area contributed by atoms with Crippen molar-refractivity contribution in [2.24, 2.45) is 11.5 Å². The first-order valence-electron chi connectivity index (χ1n) is 9.47. The van der Waals surface area contributed by atoms with Gasteiger partial charge < -0.3 is 42.5 Å². The fourth-order valence-corrected chi connectivity index (χ4v) is 3.91. The monoisotopic (exact) mass is 448 g/mol. The molecule has 166 valence electrons. The van der Waals surface area contributed by atoms with Gasteiger partial charge in [0.1, 0.15) is 6.04 Å². The molecule has 0 saturated heterocycles. The largest absolute Gasteiger partial charge is 0.481 e. The molecule has 0 bridgehead atoms. The predicted molar refractivity (Wildman–Crippen MR) is 115 cm³/mol. The van der Waals surface area contributed by atoms with Crippen molar-refractivity contribution in [1.29, 1.82) is 0 Å². The van der Waals surface area contributed by atoms with Crippen molar-refractivity contribution in [2.45, 2.75) is 25.0 Å². The zero-order valence-electron chi connectivity index (χ0n) is 16.5. The van der Waals surface area contributed by atoms with Crippen LogP contribution in [0.2, 0.25) is 0 Å². The number of carboxylic acids is 2. The molecule has 1 amide bonds. The minimum absolute atomic E-state index is 0.191. The summed E-state index contributed by atoms with van der Waals surface area (Å²) in [6, 6.07) is 2.04. The maximum atomic E-state index is 12.3. The zero-order valence-corrected chi connectivity index (χ0v) is 17.3. The Balaban J connectivity index is 1.53. The number of hydrogen-bond donors (Lipinski definition) is 7. The van der Waals surface area contributed by atoms with Crippen molar-refractivity contribution in [3.05, 3.63) is 52.3 Å². The predicted octanol–water partition coefficient (Wildman–Crippen LogP) is -0.0207. The second-order valence-corrected chi connectivity index (χ2v) is 8.13. The van der Waals surface area contributed by atoms with E-state index in [1.807, 2.05) is 17.2 Å². The molecule has 2 atom stereocenters. The molecule has 0 spiro atoms. The first kappa shape index (κ1) is 22.2. The average Bonchev–Trinajstić information content (AvgIpc) is 3.18. The van der Waals surface area contributed by atoms with Crippen LogP contribution >= 0.6 is 11.3 Å². The average molecular weight is 449 g/mol. The van der Waals surface area contributed by atoms with Crippen molar-refractivity contribution < 1.29 is 24.6 Å². The van der Waals surface area contributed by atoms with E-state index in [1.54, 1.807) is 18.2 Å². The van der Waals surface area contributed by atoms with E-state index < -0.39 is 23.9 Å². The number of carbonyl (C=O) groups excluding carboxylic acids is 1. The molecule has 1 unspecified atom stereocenters. The summed E-state index contributed by atoms with van der Waals surface area (Å²) in [6.07, 6.45) is 4.71. The van der Waals surface area contributed by atoms with Gasteiger partial charge in [0.25, 0.3) is 5.91 Å². The van der Waals surface area contributed by atoms with Crippen LogP contribution in [0.15, 0.2) is 47.5 Å². The van der Waals surface area contributed by atoms with Crippen LogP contribution in [-0.2, 0) is 9.59 Å². The van der Waals surface area contributed by atoms with Crippen LogP contribution in [0.4, 0.5) is 5.00 Å². The van der Waals surface area contributed by atoms with Crippen molar-refractivity contribution in [3.63, 3.8) is 0 Å². The Morgan fingerprint density at radius 1 is 1.32 bits per heavy atom. The smallest absolute Gasteiger partial charge is 0.326 e. The number of nitrogens with two attached hydrogens (primary N) is 2. The molecule has 11 nitrogen and oxygen atoms in total. The van der Waals surface area contributed by atoms with Gasteiger partial charge in [-0.3, -0.25) is 9.59 Å². The molecule has 0 aromatic carbocycles. The van der Waals surface area contributed by atoms with Crippen LogP contribution in [0, 0.1) is 0 Å². The molecular formula is C19H24N6O5S. The van der Waals surface area contributed by atoms with E-state index in [4.69, 9.17) is 16.6 Å². The summed E-state index contributed by atoms with van der Waals surface area (Å²) < 4.78 is 0. The standard InChI is InChI=1S/C19H24N6O5S/c20-11-7-15(21)23-12-5-6-25(8-10(11)12)9-22-16-3-2-14(31-16)18(28)24-13(19(29)30)1-4-17(26)27/h2-3,5-7,13,15,22-23H,1,4,8-9,20-21H2,(H,24,28)(H,26,27)(H,29,30)/t13-,15?/m0/s1. The summed E-state index contributed by atoms with van der Waals surface area (Å²) in [5, 5.41) is 27.3. The molecule has 31 heavy (non-hydrogen) atoms. The van der Waals surface area contributed by atoms with Crippen LogP contribution < -0.4 is 27.4 Å². The van der Waals surface area contributed by atoms with E-state index >= 15 is 0 Å². The number of rotatable bonds is 9. The maximum Gasteiger partial charge on any atom is 0.326 e. The number of allylic oxidation sites excluding steroid dienone is 1. The van der Waals surface area contributed by atoms with Gasteiger partial charge in [-0.25, -0.2) is 4.79 Å². The second-order valence-electron chi connectivity index (χ2n) is 7.04. The number of nitrogens with zero attached hydrogens (tertiary/aromatic N) is 1. The third kappa shape index (κ3) is 5.77. The fourth-order valence-electron chi connectivity index (χ4n) is 3.12. The number of nitrogens with one attached hydrogen (secondary N) is 3. The van der Waals surface area contributed by atoms with Gasteiger partial charge in [0.15, 0.2) is 0 Å². The summed E-state index contributed by atoms with van der Waals surface area (Å²) in [7, 11) is 0. The lowest BCUT2D eigenvalue weighted by Crippen LogP contribution is -2.42. The quantitative estimate of drug-likeness (QED) is 0.271. The van der Waals surface area contributed by atoms with Crippen LogP contribution in [0.25, 0.3) is 0 Å². The van der Waals surface area contributed by atoms with Gasteiger partial charge >= 0.3 is 11.9 Å². The van der Waals surface area contributed by atoms with Crippen LogP contribution in [0.3, 0.4) is 0 Å². The SMILES string of the molecule is NC1=CC(N)NC2=C1CN(CNc1ccc(C(=O)N[C@@H](CCC(=O)O)C(=O)O)s1)C=C2. The summed E-state index contributed by atoms with van der Waals surface area (Å²) in [6.45, 7) is 1.05. The van der Waals surface area contributed by atoms with E-state index in [-0.39, 0.29) is 19.0 Å². The first-order chi connectivity index (χ1) is 14.7. The Hall–Kier alpha value is -3.51. The maximum absolute atomic E-state index is 12.3. The van der Waals surface area contributed by atoms with Gasteiger partial charge in [0.2, 0.25) is 0 Å². The summed E-state index contributed by atoms with van der Waals surface area (Å²) in [5.74, 6) is -2.96. The van der Waals surface area contributed by atoms with E-state index in [1.165, 1.54) is 11.3 Å². The summed E-state index contributed by atoms with van der Waals surface area (Å²) in [5.41, 5.74) is 14.4. The molecule has 2 aliphatic heterocycles. The molecule has 2 aliphatic rings. The van der Waals surface area contributed by atoms with Gasteiger partial charge in [0, 0.05) is 36.1 Å². The van der Waals surface area contributed by atoms with E-state index in [9.17, 15) is 19.5 Å². The third-order valence-electron chi connectivity index (χ3n) is 4.70. The lowest BCUT2D eigenvalue weighted by molar-refractivity contribution is -0.140. The van der Waals surface area contributed by atoms with Crippen LogP contribution in [0.1, 0.15) is 22.5 Å². The van der Waals surface area contributed by atoms with E-state index in [0.29, 0.717) is 23.8 Å². The van der Waals surface area contributed by atoms with Crippen molar-refractivity contribution in [1.82, 2.24) is 15.5 Å². The highest BCUT2D eigenvalue weighted by atomic mass is 32.1. The van der Waals surface area contributed by atoms with Gasteiger partial charge in [-0.1, -0.05) is 0 Å². The van der Waals surface area contributed by atoms with Gasteiger partial charge in [0.05, 0.1) is 22.7 Å². The van der Waals surface area contributed by atoms with E-state index in [2.05, 4.69) is 16.0 Å². The number of thiophene rings is 1. The molecule has 3 rings (SSSR count). The Morgan fingerprint density at radius 3 is 2.81 bits per heavy atom. The molecule has 0 fully saturated rings. The normalized spacial score (nSPS) is 18.5. The second kappa shape index (κ2) is 9.53. The zero-order chi connectivity index (χ0) is 22.5. The topological polar surface area (TPSA) is 183 Å². The van der Waals surface area contributed by atoms with Crippen LogP contribution in [-0.4, -0.2) is 58.4 Å². The van der Waals surface area contributed by atoms with Crippen LogP contribution in [0.5, 0.6) is 0 Å². The number of amides is 1. The number of anilines is 1. The number of hydrogen-bond acceptors (Lipinski definition) is 9.